The number of carbonyl (C=O) groups is 1. The Morgan fingerprint density at radius 3 is 2.57 bits per heavy atom. The van der Waals surface area contributed by atoms with Crippen molar-refractivity contribution in [3.8, 4) is 5.75 Å². The number of esters is 1. The largest absolute Gasteiger partial charge is 0.482 e. The zero-order chi connectivity index (χ0) is 15.2. The normalized spacial score (nSPS) is 10.2. The van der Waals surface area contributed by atoms with Crippen LogP contribution in [0.25, 0.3) is 0 Å². The Hall–Kier alpha value is -2.50. The molecule has 0 saturated carbocycles. The molecule has 1 aromatic carbocycles. The van der Waals surface area contributed by atoms with Crippen molar-refractivity contribution in [3.63, 3.8) is 0 Å². The lowest BCUT2D eigenvalue weighted by Crippen LogP contribution is -2.12. The van der Waals surface area contributed by atoms with Gasteiger partial charge in [0.1, 0.15) is 11.5 Å². The van der Waals surface area contributed by atoms with E-state index in [1.54, 1.807) is 12.1 Å². The number of nitrogens with one attached hydrogen (secondary N) is 1. The minimum Gasteiger partial charge on any atom is -0.482 e. The summed E-state index contributed by atoms with van der Waals surface area (Å²) in [6, 6.07) is 7.34. The highest BCUT2D eigenvalue weighted by atomic mass is 16.6. The fraction of sp³-hybridized carbons (Fsp3) is 0.333. The lowest BCUT2D eigenvalue weighted by molar-refractivity contribution is -0.142. The molecule has 0 saturated heterocycles. The molecule has 0 amide bonds. The number of hydrogen-bond donors (Lipinski definition) is 1. The summed E-state index contributed by atoms with van der Waals surface area (Å²) >= 11 is 0. The third-order valence-corrected chi connectivity index (χ3v) is 3.09. The van der Waals surface area contributed by atoms with Crippen molar-refractivity contribution in [2.24, 2.45) is 0 Å². The van der Waals surface area contributed by atoms with Crippen molar-refractivity contribution in [1.29, 1.82) is 0 Å². The first-order valence-corrected chi connectivity index (χ1v) is 6.55. The predicted octanol–water partition coefficient (Wildman–Crippen LogP) is 2.46. The molecule has 112 valence electrons. The zero-order valence-corrected chi connectivity index (χ0v) is 12.3. The molecule has 0 unspecified atom stereocenters. The monoisotopic (exact) mass is 290 g/mol. The van der Waals surface area contributed by atoms with Crippen LogP contribution in [-0.4, -0.2) is 24.8 Å². The summed E-state index contributed by atoms with van der Waals surface area (Å²) in [5, 5.41) is 7.20. The lowest BCUT2D eigenvalue weighted by atomic mass is 10.2. The van der Waals surface area contributed by atoms with E-state index in [1.165, 1.54) is 7.11 Å². The maximum atomic E-state index is 11.0. The van der Waals surface area contributed by atoms with E-state index in [4.69, 9.17) is 9.26 Å². The summed E-state index contributed by atoms with van der Waals surface area (Å²) in [4.78, 5) is 11.0. The number of nitrogens with zero attached hydrogens (tertiary/aromatic N) is 1. The van der Waals surface area contributed by atoms with Crippen molar-refractivity contribution in [3.05, 3.63) is 41.3 Å². The van der Waals surface area contributed by atoms with Crippen LogP contribution in [0.2, 0.25) is 0 Å². The van der Waals surface area contributed by atoms with Gasteiger partial charge in [0.05, 0.1) is 12.8 Å². The molecule has 6 nitrogen and oxygen atoms in total. The van der Waals surface area contributed by atoms with Gasteiger partial charge in [0, 0.05) is 17.8 Å². The Bertz CT molecular complexity index is 585. The number of carbonyl (C=O) groups excluding carboxylic acids is 1. The molecule has 1 aromatic heterocycles. The van der Waals surface area contributed by atoms with Crippen LogP contribution in [0, 0.1) is 13.8 Å². The van der Waals surface area contributed by atoms with Crippen molar-refractivity contribution in [1.82, 2.24) is 5.16 Å². The second kappa shape index (κ2) is 6.78. The standard InChI is InChI=1S/C15H18N2O4/c1-10-14(11(2)21-17-10)8-16-12-4-6-13(7-5-12)20-9-15(18)19-3/h4-7,16H,8-9H2,1-3H3. The summed E-state index contributed by atoms with van der Waals surface area (Å²) in [5.41, 5.74) is 2.89. The minimum absolute atomic E-state index is 0.0949. The molecule has 0 bridgehead atoms. The molecule has 0 fully saturated rings. The van der Waals surface area contributed by atoms with Crippen LogP contribution >= 0.6 is 0 Å². The van der Waals surface area contributed by atoms with Crippen LogP contribution in [0.3, 0.4) is 0 Å². The van der Waals surface area contributed by atoms with Gasteiger partial charge in [-0.3, -0.25) is 0 Å². The van der Waals surface area contributed by atoms with Gasteiger partial charge in [-0.2, -0.15) is 0 Å². The third kappa shape index (κ3) is 3.98. The van der Waals surface area contributed by atoms with Crippen LogP contribution in [0.4, 0.5) is 5.69 Å². The van der Waals surface area contributed by atoms with Crippen molar-refractivity contribution < 1.29 is 18.8 Å². The predicted molar refractivity (Wildman–Crippen MR) is 77.3 cm³/mol. The molecule has 0 aliphatic carbocycles. The zero-order valence-electron chi connectivity index (χ0n) is 12.3. The van der Waals surface area contributed by atoms with Crippen LogP contribution in [0.15, 0.2) is 28.8 Å². The number of rotatable bonds is 6. The van der Waals surface area contributed by atoms with E-state index < -0.39 is 5.97 Å². The average molecular weight is 290 g/mol. The van der Waals surface area contributed by atoms with E-state index in [1.807, 2.05) is 26.0 Å². The van der Waals surface area contributed by atoms with E-state index >= 15 is 0 Å². The van der Waals surface area contributed by atoms with Gasteiger partial charge in [0.2, 0.25) is 0 Å². The second-order valence-corrected chi connectivity index (χ2v) is 4.55. The summed E-state index contributed by atoms with van der Waals surface area (Å²) in [5.74, 6) is 1.02. The van der Waals surface area contributed by atoms with Crippen LogP contribution in [0.5, 0.6) is 5.75 Å². The molecular weight excluding hydrogens is 272 g/mol. The van der Waals surface area contributed by atoms with Gasteiger partial charge in [-0.15, -0.1) is 0 Å². The van der Waals surface area contributed by atoms with Gasteiger partial charge in [-0.25, -0.2) is 4.79 Å². The van der Waals surface area contributed by atoms with Gasteiger partial charge in [0.25, 0.3) is 0 Å². The highest BCUT2D eigenvalue weighted by Crippen LogP contribution is 2.18. The average Bonchev–Trinajstić information content (AvgIpc) is 2.82. The summed E-state index contributed by atoms with van der Waals surface area (Å²) in [6.07, 6.45) is 0. The Morgan fingerprint density at radius 1 is 1.29 bits per heavy atom. The Balaban J connectivity index is 1.89. The second-order valence-electron chi connectivity index (χ2n) is 4.55. The van der Waals surface area contributed by atoms with E-state index in [2.05, 4.69) is 15.2 Å². The Kier molecular flexibility index (Phi) is 4.81. The molecule has 6 heteroatoms. The van der Waals surface area contributed by atoms with E-state index in [0.29, 0.717) is 12.3 Å². The quantitative estimate of drug-likeness (QED) is 0.824. The Morgan fingerprint density at radius 2 is 2.00 bits per heavy atom. The van der Waals surface area contributed by atoms with Gasteiger partial charge < -0.3 is 19.3 Å². The molecule has 21 heavy (non-hydrogen) atoms. The molecule has 1 N–H and O–H groups in total. The number of ether oxygens (including phenoxy) is 2. The molecular formula is C15H18N2O4. The molecule has 0 aliphatic rings. The van der Waals surface area contributed by atoms with Crippen LogP contribution in [-0.2, 0) is 16.1 Å². The number of anilines is 1. The number of benzene rings is 1. The fourth-order valence-electron chi connectivity index (χ4n) is 1.81. The SMILES string of the molecule is COC(=O)COc1ccc(NCc2c(C)noc2C)cc1. The maximum absolute atomic E-state index is 11.0. The summed E-state index contributed by atoms with van der Waals surface area (Å²) in [7, 11) is 1.33. The molecule has 0 atom stereocenters. The van der Waals surface area contributed by atoms with E-state index in [-0.39, 0.29) is 6.61 Å². The van der Waals surface area contributed by atoms with Crippen molar-refractivity contribution >= 4 is 11.7 Å². The smallest absolute Gasteiger partial charge is 0.343 e. The van der Waals surface area contributed by atoms with Gasteiger partial charge in [-0.1, -0.05) is 5.16 Å². The highest BCUT2D eigenvalue weighted by Gasteiger charge is 2.08. The fourth-order valence-corrected chi connectivity index (χ4v) is 1.81. The number of aryl methyl sites for hydroxylation is 2. The van der Waals surface area contributed by atoms with Crippen molar-refractivity contribution in [2.75, 3.05) is 19.0 Å². The maximum Gasteiger partial charge on any atom is 0.343 e. The van der Waals surface area contributed by atoms with Gasteiger partial charge in [0.15, 0.2) is 6.61 Å². The van der Waals surface area contributed by atoms with Crippen molar-refractivity contribution in [2.45, 2.75) is 20.4 Å². The first-order chi connectivity index (χ1) is 10.1. The lowest BCUT2D eigenvalue weighted by Gasteiger charge is -2.08. The summed E-state index contributed by atoms with van der Waals surface area (Å²) < 4.78 is 14.9. The molecule has 0 aliphatic heterocycles. The minimum atomic E-state index is -0.407. The number of methoxy groups -OCH3 is 1. The van der Waals surface area contributed by atoms with Gasteiger partial charge >= 0.3 is 5.97 Å². The highest BCUT2D eigenvalue weighted by molar-refractivity contribution is 5.70. The Labute approximate surface area is 123 Å². The van der Waals surface area contributed by atoms with Gasteiger partial charge in [-0.05, 0) is 38.1 Å². The molecule has 2 rings (SSSR count). The molecule has 0 radical (unpaired) electrons. The first-order valence-electron chi connectivity index (χ1n) is 6.55. The number of aromatic nitrogens is 1. The topological polar surface area (TPSA) is 73.6 Å². The molecule has 2 aromatic rings. The van der Waals surface area contributed by atoms with Crippen LogP contribution in [0.1, 0.15) is 17.0 Å². The molecule has 0 spiro atoms. The first kappa shape index (κ1) is 14.9. The number of hydrogen-bond acceptors (Lipinski definition) is 6. The van der Waals surface area contributed by atoms with E-state index in [0.717, 1.165) is 22.7 Å². The van der Waals surface area contributed by atoms with E-state index in [9.17, 15) is 4.79 Å². The summed E-state index contributed by atoms with van der Waals surface area (Å²) in [6.45, 7) is 4.35. The third-order valence-electron chi connectivity index (χ3n) is 3.09. The molecule has 1 heterocycles. The van der Waals surface area contributed by atoms with Crippen LogP contribution < -0.4 is 10.1 Å².